The number of hydrogen-bond donors (Lipinski definition) is 2. The van der Waals surface area contributed by atoms with E-state index in [1.54, 1.807) is 12.1 Å². The minimum absolute atomic E-state index is 0. The molecule has 2 saturated heterocycles. The number of carbonyl (C=O) groups excluding carboxylic acids is 1. The Morgan fingerprint density at radius 2 is 1.83 bits per heavy atom. The summed E-state index contributed by atoms with van der Waals surface area (Å²) < 4.78 is 26.3. The molecule has 166 valence electrons. The van der Waals surface area contributed by atoms with Crippen LogP contribution >= 0.6 is 24.8 Å². The Labute approximate surface area is 186 Å². The minimum atomic E-state index is -3.59. The number of nitrogens with zero attached hydrogens (tertiary/aromatic N) is 2. The van der Waals surface area contributed by atoms with Gasteiger partial charge in [0, 0.05) is 45.5 Å². The maximum absolute atomic E-state index is 13.1. The molecule has 2 aliphatic heterocycles. The van der Waals surface area contributed by atoms with Crippen LogP contribution in [0.25, 0.3) is 0 Å². The maximum Gasteiger partial charge on any atom is 0.253 e. The van der Waals surface area contributed by atoms with E-state index in [1.165, 1.54) is 30.9 Å². The van der Waals surface area contributed by atoms with Crippen molar-refractivity contribution in [2.75, 3.05) is 45.2 Å². The summed E-state index contributed by atoms with van der Waals surface area (Å²) in [5.74, 6) is -0.194. The topological polar surface area (TPSA) is 81.8 Å². The van der Waals surface area contributed by atoms with Gasteiger partial charge >= 0.3 is 0 Å². The highest BCUT2D eigenvalue weighted by Crippen LogP contribution is 2.28. The van der Waals surface area contributed by atoms with Crippen LogP contribution in [0.4, 0.5) is 5.69 Å². The van der Waals surface area contributed by atoms with Crippen LogP contribution in [0.1, 0.15) is 42.5 Å². The third kappa shape index (κ3) is 6.21. The highest BCUT2D eigenvalue weighted by Gasteiger charge is 2.25. The molecule has 0 unspecified atom stereocenters. The first-order valence-electron chi connectivity index (χ1n) is 9.72. The molecule has 1 aromatic rings. The molecule has 0 bridgehead atoms. The van der Waals surface area contributed by atoms with Crippen molar-refractivity contribution in [1.82, 2.24) is 14.9 Å². The fourth-order valence-corrected chi connectivity index (χ4v) is 4.65. The molecular weight excluding hydrogens is 435 g/mol. The van der Waals surface area contributed by atoms with Crippen molar-refractivity contribution in [3.63, 3.8) is 0 Å². The van der Waals surface area contributed by atoms with Gasteiger partial charge in [-0.25, -0.2) is 12.7 Å². The monoisotopic (exact) mass is 466 g/mol. The Morgan fingerprint density at radius 3 is 2.41 bits per heavy atom. The van der Waals surface area contributed by atoms with E-state index in [9.17, 15) is 13.2 Å². The average Bonchev–Trinajstić information content (AvgIpc) is 2.68. The maximum atomic E-state index is 13.1. The Morgan fingerprint density at radius 1 is 1.14 bits per heavy atom. The lowest BCUT2D eigenvalue weighted by atomic mass is 10.0. The van der Waals surface area contributed by atoms with Gasteiger partial charge in [-0.15, -0.1) is 24.8 Å². The van der Waals surface area contributed by atoms with Crippen LogP contribution in [-0.2, 0) is 10.0 Å². The van der Waals surface area contributed by atoms with Gasteiger partial charge in [0.2, 0.25) is 10.0 Å². The highest BCUT2D eigenvalue weighted by molar-refractivity contribution is 7.89. The Balaban J connectivity index is 0.00000210. The SMILES string of the molecule is CN(C)S(=O)(=O)c1ccc(N2CCCCC2)c(C(=O)N[C@H]2CCCNC2)c1.Cl.Cl. The molecular formula is C19H32Cl2N4O3S. The summed E-state index contributed by atoms with van der Waals surface area (Å²) in [7, 11) is -0.588. The Bertz CT molecular complexity index is 778. The molecule has 2 fully saturated rings. The molecule has 0 aromatic heterocycles. The lowest BCUT2D eigenvalue weighted by Crippen LogP contribution is -2.46. The van der Waals surface area contributed by atoms with Gasteiger partial charge in [0.1, 0.15) is 0 Å². The second-order valence-corrected chi connectivity index (χ2v) is 9.68. The molecule has 2 N–H and O–H groups in total. The summed E-state index contributed by atoms with van der Waals surface area (Å²) in [5.41, 5.74) is 1.28. The van der Waals surface area contributed by atoms with Crippen molar-refractivity contribution < 1.29 is 13.2 Å². The summed E-state index contributed by atoms with van der Waals surface area (Å²) in [4.78, 5) is 15.4. The number of hydrogen-bond acceptors (Lipinski definition) is 5. The van der Waals surface area contributed by atoms with Crippen LogP contribution < -0.4 is 15.5 Å². The molecule has 0 aliphatic carbocycles. The molecule has 3 rings (SSSR count). The first kappa shape index (κ1) is 26.0. The number of sulfonamides is 1. The predicted molar refractivity (Wildman–Crippen MR) is 121 cm³/mol. The fourth-order valence-electron chi connectivity index (χ4n) is 3.72. The second-order valence-electron chi connectivity index (χ2n) is 7.53. The van der Waals surface area contributed by atoms with Gasteiger partial charge in [-0.1, -0.05) is 0 Å². The number of nitrogens with one attached hydrogen (secondary N) is 2. The number of halogens is 2. The number of amides is 1. The summed E-state index contributed by atoms with van der Waals surface area (Å²) in [6.45, 7) is 3.51. The van der Waals surface area contributed by atoms with E-state index in [-0.39, 0.29) is 41.7 Å². The van der Waals surface area contributed by atoms with Crippen LogP contribution in [0.3, 0.4) is 0 Å². The van der Waals surface area contributed by atoms with Gasteiger partial charge < -0.3 is 15.5 Å². The molecule has 2 heterocycles. The lowest BCUT2D eigenvalue weighted by molar-refractivity contribution is 0.0931. The minimum Gasteiger partial charge on any atom is -0.371 e. The van der Waals surface area contributed by atoms with Crippen LogP contribution in [-0.4, -0.2) is 64.9 Å². The van der Waals surface area contributed by atoms with Crippen molar-refractivity contribution in [1.29, 1.82) is 0 Å². The van der Waals surface area contributed by atoms with E-state index in [4.69, 9.17) is 0 Å². The van der Waals surface area contributed by atoms with Gasteiger partial charge in [0.05, 0.1) is 10.5 Å². The molecule has 29 heavy (non-hydrogen) atoms. The number of piperidine rings is 2. The normalized spacial score (nSPS) is 19.8. The van der Waals surface area contributed by atoms with Crippen LogP contribution in [0, 0.1) is 0 Å². The van der Waals surface area contributed by atoms with Crippen LogP contribution in [0.5, 0.6) is 0 Å². The zero-order chi connectivity index (χ0) is 19.4. The first-order valence-corrected chi connectivity index (χ1v) is 11.2. The molecule has 0 radical (unpaired) electrons. The first-order chi connectivity index (χ1) is 12.9. The quantitative estimate of drug-likeness (QED) is 0.695. The van der Waals surface area contributed by atoms with Crippen molar-refractivity contribution in [3.05, 3.63) is 23.8 Å². The second kappa shape index (κ2) is 11.4. The average molecular weight is 467 g/mol. The third-order valence-electron chi connectivity index (χ3n) is 5.32. The smallest absolute Gasteiger partial charge is 0.253 e. The summed E-state index contributed by atoms with van der Waals surface area (Å²) in [5, 5.41) is 6.38. The molecule has 1 aromatic carbocycles. The van der Waals surface area contributed by atoms with Gasteiger partial charge in [-0.2, -0.15) is 0 Å². The van der Waals surface area contributed by atoms with Crippen molar-refractivity contribution in [3.8, 4) is 0 Å². The van der Waals surface area contributed by atoms with E-state index < -0.39 is 10.0 Å². The van der Waals surface area contributed by atoms with Gasteiger partial charge in [-0.3, -0.25) is 4.79 Å². The standard InChI is InChI=1S/C19H30N4O3S.2ClH/c1-22(2)27(25,26)16-8-9-18(23-11-4-3-5-12-23)17(13-16)19(24)21-15-7-6-10-20-14-15;;/h8-9,13,15,20H,3-7,10-12,14H2,1-2H3,(H,21,24);2*1H/t15-;;/m0../s1. The fraction of sp³-hybridized carbons (Fsp3) is 0.632. The van der Waals surface area contributed by atoms with E-state index in [0.717, 1.165) is 57.5 Å². The zero-order valence-corrected chi connectivity index (χ0v) is 19.5. The van der Waals surface area contributed by atoms with E-state index in [1.807, 2.05) is 0 Å². The predicted octanol–water partition coefficient (Wildman–Crippen LogP) is 2.25. The van der Waals surface area contributed by atoms with Crippen molar-refractivity contribution >= 4 is 46.4 Å². The number of rotatable bonds is 5. The van der Waals surface area contributed by atoms with Crippen molar-refractivity contribution in [2.45, 2.75) is 43.0 Å². The van der Waals surface area contributed by atoms with Gasteiger partial charge in [0.15, 0.2) is 0 Å². The lowest BCUT2D eigenvalue weighted by Gasteiger charge is -2.31. The number of benzene rings is 1. The summed E-state index contributed by atoms with van der Waals surface area (Å²) in [6.07, 6.45) is 5.34. The highest BCUT2D eigenvalue weighted by atomic mass is 35.5. The number of anilines is 1. The molecule has 1 atom stereocenters. The molecule has 0 saturated carbocycles. The van der Waals surface area contributed by atoms with E-state index in [2.05, 4.69) is 15.5 Å². The summed E-state index contributed by atoms with van der Waals surface area (Å²) in [6, 6.07) is 5.01. The number of carbonyl (C=O) groups is 1. The molecule has 10 heteroatoms. The Hall–Kier alpha value is -1.06. The van der Waals surface area contributed by atoms with Crippen LogP contribution in [0.15, 0.2) is 23.1 Å². The third-order valence-corrected chi connectivity index (χ3v) is 7.13. The molecule has 1 amide bonds. The van der Waals surface area contributed by atoms with Gasteiger partial charge in [-0.05, 0) is 56.8 Å². The largest absolute Gasteiger partial charge is 0.371 e. The Kier molecular flexibility index (Phi) is 10.2. The molecule has 7 nitrogen and oxygen atoms in total. The van der Waals surface area contributed by atoms with Gasteiger partial charge in [0.25, 0.3) is 5.91 Å². The zero-order valence-electron chi connectivity index (χ0n) is 17.0. The van der Waals surface area contributed by atoms with Crippen molar-refractivity contribution in [2.24, 2.45) is 0 Å². The molecule has 0 spiro atoms. The van der Waals surface area contributed by atoms with E-state index >= 15 is 0 Å². The molecule has 2 aliphatic rings. The van der Waals surface area contributed by atoms with E-state index in [0.29, 0.717) is 5.56 Å². The summed E-state index contributed by atoms with van der Waals surface area (Å²) >= 11 is 0. The van der Waals surface area contributed by atoms with Crippen LogP contribution in [0.2, 0.25) is 0 Å².